The lowest BCUT2D eigenvalue weighted by atomic mass is 9.91. The zero-order valence-corrected chi connectivity index (χ0v) is 16.8. The van der Waals surface area contributed by atoms with Crippen molar-refractivity contribution in [2.24, 2.45) is 11.8 Å². The maximum absolute atomic E-state index is 15.2. The van der Waals surface area contributed by atoms with Crippen molar-refractivity contribution in [3.8, 4) is 11.1 Å². The molecule has 1 fully saturated rings. The fraction of sp³-hybridized carbons (Fsp3) is 0.409. The van der Waals surface area contributed by atoms with E-state index in [-0.39, 0.29) is 12.3 Å². The highest BCUT2D eigenvalue weighted by atomic mass is 35.5. The standard InChI is InChI=1S/C22H23ClF3NO/c1-13(2)21(28)27-12-22(25,26)14(3)19(27)11-16-7-5-9-18(20(16)24)15-6-4-8-17(23)10-15/h4-10,13-14,19H,11-12H2,1-3H3/t14-,19+/m1/s1. The third-order valence-corrected chi connectivity index (χ3v) is 5.68. The van der Waals surface area contributed by atoms with E-state index in [4.69, 9.17) is 11.6 Å². The van der Waals surface area contributed by atoms with Crippen LogP contribution in [0.3, 0.4) is 0 Å². The molecule has 2 aromatic rings. The van der Waals surface area contributed by atoms with Crippen molar-refractivity contribution in [3.63, 3.8) is 0 Å². The van der Waals surface area contributed by atoms with Crippen LogP contribution in [0.4, 0.5) is 13.2 Å². The van der Waals surface area contributed by atoms with Crippen LogP contribution >= 0.6 is 11.6 Å². The van der Waals surface area contributed by atoms with Crippen molar-refractivity contribution < 1.29 is 18.0 Å². The first kappa shape index (κ1) is 20.7. The second-order valence-electron chi connectivity index (χ2n) is 7.73. The zero-order valence-electron chi connectivity index (χ0n) is 16.1. The Morgan fingerprint density at radius 2 is 1.93 bits per heavy atom. The number of alkyl halides is 2. The molecule has 2 nitrogen and oxygen atoms in total. The minimum Gasteiger partial charge on any atom is -0.333 e. The number of carbonyl (C=O) groups is 1. The third-order valence-electron chi connectivity index (χ3n) is 5.45. The lowest BCUT2D eigenvalue weighted by Gasteiger charge is -2.28. The average Bonchev–Trinajstić information content (AvgIpc) is 2.86. The van der Waals surface area contributed by atoms with Crippen LogP contribution in [0.2, 0.25) is 5.02 Å². The van der Waals surface area contributed by atoms with Gasteiger partial charge < -0.3 is 4.90 Å². The largest absolute Gasteiger partial charge is 0.333 e. The molecular formula is C22H23ClF3NO. The molecule has 1 aliphatic heterocycles. The molecule has 1 saturated heterocycles. The van der Waals surface area contributed by atoms with Gasteiger partial charge in [-0.05, 0) is 29.7 Å². The highest BCUT2D eigenvalue weighted by Crippen LogP contribution is 2.40. The van der Waals surface area contributed by atoms with E-state index < -0.39 is 36.2 Å². The Kier molecular flexibility index (Phi) is 5.76. The van der Waals surface area contributed by atoms with Crippen molar-refractivity contribution >= 4 is 17.5 Å². The fourth-order valence-electron chi connectivity index (χ4n) is 3.74. The van der Waals surface area contributed by atoms with Gasteiger partial charge in [0.15, 0.2) is 0 Å². The lowest BCUT2D eigenvalue weighted by Crippen LogP contribution is -2.41. The van der Waals surface area contributed by atoms with Crippen LogP contribution in [0.1, 0.15) is 26.3 Å². The molecule has 28 heavy (non-hydrogen) atoms. The molecule has 6 heteroatoms. The summed E-state index contributed by atoms with van der Waals surface area (Å²) < 4.78 is 43.9. The number of likely N-dealkylation sites (tertiary alicyclic amines) is 1. The number of rotatable bonds is 4. The summed E-state index contributed by atoms with van der Waals surface area (Å²) in [7, 11) is 0. The van der Waals surface area contributed by atoms with Crippen molar-refractivity contribution in [2.45, 2.75) is 39.2 Å². The summed E-state index contributed by atoms with van der Waals surface area (Å²) in [5.41, 5.74) is 1.29. The third kappa shape index (κ3) is 3.90. The van der Waals surface area contributed by atoms with Crippen LogP contribution in [-0.4, -0.2) is 29.3 Å². The van der Waals surface area contributed by atoms with Gasteiger partial charge in [0.05, 0.1) is 6.54 Å². The molecule has 0 aliphatic carbocycles. The number of halogens is 4. The summed E-state index contributed by atoms with van der Waals surface area (Å²) in [4.78, 5) is 13.7. The average molecular weight is 410 g/mol. The van der Waals surface area contributed by atoms with E-state index in [1.807, 2.05) is 0 Å². The summed E-state index contributed by atoms with van der Waals surface area (Å²) in [5, 5.41) is 0.486. The smallest absolute Gasteiger partial charge is 0.269 e. The van der Waals surface area contributed by atoms with Gasteiger partial charge in [-0.2, -0.15) is 0 Å². The quantitative estimate of drug-likeness (QED) is 0.622. The summed E-state index contributed by atoms with van der Waals surface area (Å²) in [5.74, 6) is -5.24. The Morgan fingerprint density at radius 3 is 2.57 bits per heavy atom. The molecule has 0 bridgehead atoms. The summed E-state index contributed by atoms with van der Waals surface area (Å²) in [6.07, 6.45) is 0.0372. The highest BCUT2D eigenvalue weighted by molar-refractivity contribution is 6.30. The first-order valence-electron chi connectivity index (χ1n) is 9.33. The molecule has 150 valence electrons. The molecule has 2 atom stereocenters. The second-order valence-corrected chi connectivity index (χ2v) is 8.17. The van der Waals surface area contributed by atoms with E-state index in [1.165, 1.54) is 11.8 Å². The van der Waals surface area contributed by atoms with Gasteiger partial charge in [-0.25, -0.2) is 13.2 Å². The van der Waals surface area contributed by atoms with E-state index in [9.17, 15) is 13.6 Å². The molecule has 1 amide bonds. The fourth-order valence-corrected chi connectivity index (χ4v) is 3.93. The molecule has 2 aromatic carbocycles. The van der Waals surface area contributed by atoms with Gasteiger partial charge in [0, 0.05) is 28.5 Å². The molecule has 0 radical (unpaired) electrons. The SMILES string of the molecule is CC(C)C(=O)N1CC(F)(F)[C@H](C)[C@@H]1Cc1cccc(-c2cccc(Cl)c2)c1F. The Bertz CT molecular complexity index is 884. The van der Waals surface area contributed by atoms with Crippen molar-refractivity contribution in [1.29, 1.82) is 0 Å². The minimum atomic E-state index is -2.99. The second kappa shape index (κ2) is 7.78. The van der Waals surface area contributed by atoms with Crippen LogP contribution in [0, 0.1) is 17.7 Å². The number of hydrogen-bond donors (Lipinski definition) is 0. The molecule has 1 aliphatic rings. The Labute approximate surface area is 168 Å². The van der Waals surface area contributed by atoms with Gasteiger partial charge >= 0.3 is 0 Å². The van der Waals surface area contributed by atoms with E-state index in [0.29, 0.717) is 21.7 Å². The van der Waals surface area contributed by atoms with E-state index in [2.05, 4.69) is 0 Å². The number of amides is 1. The first-order chi connectivity index (χ1) is 13.1. The van der Waals surface area contributed by atoms with Gasteiger partial charge in [-0.3, -0.25) is 4.79 Å². The van der Waals surface area contributed by atoms with E-state index in [1.54, 1.807) is 56.3 Å². The summed E-state index contributed by atoms with van der Waals surface area (Å²) >= 11 is 6.01. The monoisotopic (exact) mass is 409 g/mol. The number of hydrogen-bond acceptors (Lipinski definition) is 1. The molecular weight excluding hydrogens is 387 g/mol. The van der Waals surface area contributed by atoms with Crippen LogP contribution < -0.4 is 0 Å². The molecule has 1 heterocycles. The topological polar surface area (TPSA) is 20.3 Å². The number of benzene rings is 2. The molecule has 3 rings (SSSR count). The molecule has 0 unspecified atom stereocenters. The number of nitrogens with zero attached hydrogens (tertiary/aromatic N) is 1. The maximum atomic E-state index is 15.2. The normalized spacial score (nSPS) is 21.4. The molecule has 0 N–H and O–H groups in total. The molecule has 0 aromatic heterocycles. The molecule has 0 saturated carbocycles. The number of carbonyl (C=O) groups excluding carboxylic acids is 1. The molecule has 0 spiro atoms. The van der Waals surface area contributed by atoms with Gasteiger partial charge in [-0.15, -0.1) is 0 Å². The van der Waals surface area contributed by atoms with Gasteiger partial charge in [-0.1, -0.05) is 62.7 Å². The van der Waals surface area contributed by atoms with E-state index >= 15 is 4.39 Å². The van der Waals surface area contributed by atoms with E-state index in [0.717, 1.165) is 0 Å². The minimum absolute atomic E-state index is 0.0372. The Hall–Kier alpha value is -2.01. The maximum Gasteiger partial charge on any atom is 0.269 e. The summed E-state index contributed by atoms with van der Waals surface area (Å²) in [6, 6.07) is 11.0. The Morgan fingerprint density at radius 1 is 1.25 bits per heavy atom. The predicted molar refractivity (Wildman–Crippen MR) is 105 cm³/mol. The van der Waals surface area contributed by atoms with Crippen molar-refractivity contribution in [2.75, 3.05) is 6.54 Å². The van der Waals surface area contributed by atoms with Crippen LogP contribution in [0.15, 0.2) is 42.5 Å². The van der Waals surface area contributed by atoms with Crippen LogP contribution in [0.25, 0.3) is 11.1 Å². The van der Waals surface area contributed by atoms with Crippen molar-refractivity contribution in [1.82, 2.24) is 4.90 Å². The van der Waals surface area contributed by atoms with Crippen LogP contribution in [0.5, 0.6) is 0 Å². The predicted octanol–water partition coefficient (Wildman–Crippen LogP) is 5.83. The summed E-state index contributed by atoms with van der Waals surface area (Å²) in [6.45, 7) is 4.17. The van der Waals surface area contributed by atoms with Gasteiger partial charge in [0.2, 0.25) is 5.91 Å². The first-order valence-corrected chi connectivity index (χ1v) is 9.71. The van der Waals surface area contributed by atoms with Crippen molar-refractivity contribution in [3.05, 3.63) is 58.9 Å². The lowest BCUT2D eigenvalue weighted by molar-refractivity contribution is -0.136. The van der Waals surface area contributed by atoms with Crippen LogP contribution in [-0.2, 0) is 11.2 Å². The van der Waals surface area contributed by atoms with Gasteiger partial charge in [0.1, 0.15) is 5.82 Å². The van der Waals surface area contributed by atoms with Gasteiger partial charge in [0.25, 0.3) is 5.92 Å². The highest BCUT2D eigenvalue weighted by Gasteiger charge is 2.53. The Balaban J connectivity index is 1.96. The zero-order chi connectivity index (χ0) is 20.6.